The van der Waals surface area contributed by atoms with E-state index in [0.717, 1.165) is 38.8 Å². The Hall–Kier alpha value is -4.01. The topological polar surface area (TPSA) is 18.1 Å². The maximum atomic E-state index is 6.24. The number of halogens is 1. The first-order chi connectivity index (χ1) is 16.3. The van der Waals surface area contributed by atoms with E-state index < -0.39 is 0 Å². The van der Waals surface area contributed by atoms with Crippen LogP contribution in [0.3, 0.4) is 0 Å². The van der Waals surface area contributed by atoms with Crippen molar-refractivity contribution in [2.24, 2.45) is 0 Å². The quantitative estimate of drug-likeness (QED) is 0.260. The van der Waals surface area contributed by atoms with Crippen molar-refractivity contribution in [3.8, 4) is 16.8 Å². The molecule has 2 aromatic heterocycles. The molecule has 156 valence electrons. The fraction of sp³-hybridized carbons (Fsp3) is 0. The summed E-state index contributed by atoms with van der Waals surface area (Å²) in [5.41, 5.74) is 7.51. The Balaban J connectivity index is 1.61. The van der Waals surface area contributed by atoms with Gasteiger partial charge in [0.05, 0.1) is 16.7 Å². The average molecular weight is 444 g/mol. The minimum absolute atomic E-state index is 0.675. The van der Waals surface area contributed by atoms with E-state index in [0.29, 0.717) is 5.02 Å². The number of rotatable bonds is 2. The van der Waals surface area contributed by atoms with Crippen LogP contribution in [0, 0.1) is 0 Å². The molecule has 3 heteroatoms. The Morgan fingerprint density at radius 3 is 2.00 bits per heavy atom. The molecule has 0 saturated carbocycles. The predicted octanol–water partition coefficient (Wildman–Crippen LogP) is 9.00. The van der Waals surface area contributed by atoms with E-state index in [1.807, 2.05) is 18.2 Å². The van der Waals surface area contributed by atoms with Crippen LogP contribution >= 0.6 is 11.6 Å². The summed E-state index contributed by atoms with van der Waals surface area (Å²) >= 11 is 6.24. The molecule has 0 saturated heterocycles. The first kappa shape index (κ1) is 18.6. The molecule has 2 heterocycles. The summed E-state index contributed by atoms with van der Waals surface area (Å²) in [6.07, 6.45) is 0. The van der Waals surface area contributed by atoms with Crippen LogP contribution in [-0.2, 0) is 0 Å². The lowest BCUT2D eigenvalue weighted by Crippen LogP contribution is -1.97. The largest absolute Gasteiger partial charge is 0.456 e. The van der Waals surface area contributed by atoms with Crippen LogP contribution in [0.15, 0.2) is 114 Å². The lowest BCUT2D eigenvalue weighted by molar-refractivity contribution is 0.669. The van der Waals surface area contributed by atoms with Gasteiger partial charge in [-0.05, 0) is 42.0 Å². The summed E-state index contributed by atoms with van der Waals surface area (Å²) in [5.74, 6) is 0. The summed E-state index contributed by atoms with van der Waals surface area (Å²) in [6.45, 7) is 0. The molecule has 0 radical (unpaired) electrons. The molecule has 7 rings (SSSR count). The zero-order valence-corrected chi connectivity index (χ0v) is 18.4. The fourth-order valence-electron chi connectivity index (χ4n) is 5.10. The second-order valence-electron chi connectivity index (χ2n) is 8.31. The average Bonchev–Trinajstić information content (AvgIpc) is 3.39. The Bertz CT molecular complexity index is 1790. The number of para-hydroxylation sites is 3. The molecule has 0 unspecified atom stereocenters. The van der Waals surface area contributed by atoms with Gasteiger partial charge in [0.2, 0.25) is 0 Å². The van der Waals surface area contributed by atoms with Crippen LogP contribution in [0.2, 0.25) is 5.02 Å². The third kappa shape index (κ3) is 2.68. The summed E-state index contributed by atoms with van der Waals surface area (Å²) < 4.78 is 8.55. The van der Waals surface area contributed by atoms with E-state index in [9.17, 15) is 0 Å². The molecule has 0 N–H and O–H groups in total. The normalized spacial score (nSPS) is 11.8. The molecular weight excluding hydrogens is 426 g/mol. The van der Waals surface area contributed by atoms with Crippen LogP contribution in [0.4, 0.5) is 0 Å². The Morgan fingerprint density at radius 1 is 0.545 bits per heavy atom. The first-order valence-electron chi connectivity index (χ1n) is 11.0. The third-order valence-electron chi connectivity index (χ3n) is 6.47. The molecule has 0 atom stereocenters. The number of nitrogens with zero attached hydrogens (tertiary/aromatic N) is 1. The lowest BCUT2D eigenvalue weighted by Gasteiger charge is -2.14. The minimum Gasteiger partial charge on any atom is -0.456 e. The highest BCUT2D eigenvalue weighted by molar-refractivity contribution is 6.31. The van der Waals surface area contributed by atoms with Crippen molar-refractivity contribution in [2.45, 2.75) is 0 Å². The molecule has 7 aromatic rings. The van der Waals surface area contributed by atoms with Gasteiger partial charge in [-0.1, -0.05) is 78.3 Å². The van der Waals surface area contributed by atoms with E-state index >= 15 is 0 Å². The van der Waals surface area contributed by atoms with Crippen molar-refractivity contribution in [3.63, 3.8) is 0 Å². The molecule has 0 spiro atoms. The Kier molecular flexibility index (Phi) is 3.93. The standard InChI is InChI=1S/C30H18ClNO/c31-19-16-17-24-29(18-19)33-28-15-7-11-23(30(24)28)22-10-3-6-14-27(22)32-25-12-4-1-8-20(25)21-9-2-5-13-26(21)32/h1-18H. The van der Waals surface area contributed by atoms with Gasteiger partial charge in [-0.25, -0.2) is 0 Å². The van der Waals surface area contributed by atoms with Crippen LogP contribution in [0.25, 0.3) is 60.6 Å². The van der Waals surface area contributed by atoms with Crippen LogP contribution in [0.1, 0.15) is 0 Å². The lowest BCUT2D eigenvalue weighted by atomic mass is 9.97. The van der Waals surface area contributed by atoms with Gasteiger partial charge < -0.3 is 8.98 Å². The molecule has 0 aliphatic rings. The van der Waals surface area contributed by atoms with E-state index in [4.69, 9.17) is 16.0 Å². The Morgan fingerprint density at radius 2 is 1.21 bits per heavy atom. The van der Waals surface area contributed by atoms with Crippen molar-refractivity contribution in [1.29, 1.82) is 0 Å². The summed E-state index contributed by atoms with van der Waals surface area (Å²) in [7, 11) is 0. The molecule has 0 bridgehead atoms. The smallest absolute Gasteiger partial charge is 0.136 e. The zero-order valence-electron chi connectivity index (χ0n) is 17.6. The maximum absolute atomic E-state index is 6.24. The monoisotopic (exact) mass is 443 g/mol. The number of furan rings is 1. The molecule has 2 nitrogen and oxygen atoms in total. The van der Waals surface area contributed by atoms with Gasteiger partial charge in [-0.2, -0.15) is 0 Å². The summed E-state index contributed by atoms with van der Waals surface area (Å²) in [6, 6.07) is 37.9. The molecule has 0 aliphatic carbocycles. The van der Waals surface area contributed by atoms with Gasteiger partial charge in [0.25, 0.3) is 0 Å². The number of hydrogen-bond acceptors (Lipinski definition) is 1. The number of aromatic nitrogens is 1. The SMILES string of the molecule is Clc1ccc2c(c1)oc1cccc(-c3ccccc3-n3c4ccccc4c4ccccc43)c12. The highest BCUT2D eigenvalue weighted by Gasteiger charge is 2.18. The van der Waals surface area contributed by atoms with Gasteiger partial charge in [-0.3, -0.25) is 0 Å². The van der Waals surface area contributed by atoms with Gasteiger partial charge in [0.1, 0.15) is 11.2 Å². The maximum Gasteiger partial charge on any atom is 0.136 e. The molecule has 5 aromatic carbocycles. The second kappa shape index (κ2) is 6.99. The molecule has 33 heavy (non-hydrogen) atoms. The zero-order chi connectivity index (χ0) is 21.9. The van der Waals surface area contributed by atoms with Gasteiger partial charge in [-0.15, -0.1) is 0 Å². The van der Waals surface area contributed by atoms with E-state index in [2.05, 4.69) is 95.6 Å². The molecule has 0 fully saturated rings. The second-order valence-corrected chi connectivity index (χ2v) is 8.74. The number of hydrogen-bond donors (Lipinski definition) is 0. The molecular formula is C30H18ClNO. The minimum atomic E-state index is 0.675. The van der Waals surface area contributed by atoms with Crippen LogP contribution in [-0.4, -0.2) is 4.57 Å². The van der Waals surface area contributed by atoms with Gasteiger partial charge in [0, 0.05) is 38.2 Å². The molecule has 0 amide bonds. The van der Waals surface area contributed by atoms with Crippen molar-refractivity contribution in [1.82, 2.24) is 4.57 Å². The van der Waals surface area contributed by atoms with E-state index in [-0.39, 0.29) is 0 Å². The molecule has 0 aliphatic heterocycles. The van der Waals surface area contributed by atoms with Crippen molar-refractivity contribution in [3.05, 3.63) is 114 Å². The van der Waals surface area contributed by atoms with Crippen LogP contribution < -0.4 is 0 Å². The number of benzene rings is 5. The fourth-order valence-corrected chi connectivity index (χ4v) is 5.26. The van der Waals surface area contributed by atoms with Gasteiger partial charge >= 0.3 is 0 Å². The highest BCUT2D eigenvalue weighted by Crippen LogP contribution is 2.41. The van der Waals surface area contributed by atoms with E-state index in [1.54, 1.807) is 0 Å². The van der Waals surface area contributed by atoms with Crippen molar-refractivity contribution < 1.29 is 4.42 Å². The third-order valence-corrected chi connectivity index (χ3v) is 6.71. The number of fused-ring (bicyclic) bond motifs is 6. The highest BCUT2D eigenvalue weighted by atomic mass is 35.5. The van der Waals surface area contributed by atoms with Crippen molar-refractivity contribution in [2.75, 3.05) is 0 Å². The van der Waals surface area contributed by atoms with Crippen molar-refractivity contribution >= 4 is 55.3 Å². The first-order valence-corrected chi connectivity index (χ1v) is 11.4. The Labute approximate surface area is 195 Å². The van der Waals surface area contributed by atoms with E-state index in [1.165, 1.54) is 21.8 Å². The predicted molar refractivity (Wildman–Crippen MR) is 139 cm³/mol. The summed E-state index contributed by atoms with van der Waals surface area (Å²) in [5, 5.41) is 5.36. The van der Waals surface area contributed by atoms with Gasteiger partial charge in [0.15, 0.2) is 0 Å². The van der Waals surface area contributed by atoms with Crippen LogP contribution in [0.5, 0.6) is 0 Å². The summed E-state index contributed by atoms with van der Waals surface area (Å²) in [4.78, 5) is 0.